The lowest BCUT2D eigenvalue weighted by atomic mass is 10.1. The van der Waals surface area contributed by atoms with Crippen molar-refractivity contribution in [2.75, 3.05) is 18.1 Å². The molecule has 1 unspecified atom stereocenters. The minimum Gasteiger partial charge on any atom is -0.397 e. The largest absolute Gasteiger partial charge is 0.397 e. The third-order valence-electron chi connectivity index (χ3n) is 2.86. The summed E-state index contributed by atoms with van der Waals surface area (Å²) in [6.45, 7) is 1.68. The first-order valence-corrected chi connectivity index (χ1v) is 4.99. The monoisotopic (exact) mass is 219 g/mol. The SMILES string of the molecule is CC1C(=O)Nc2c(N)cccc2C(=O)N1C. The number of nitrogens with zero attached hydrogens (tertiary/aromatic N) is 1. The van der Waals surface area contributed by atoms with Gasteiger partial charge in [-0.15, -0.1) is 0 Å². The number of amides is 2. The van der Waals surface area contributed by atoms with E-state index in [0.29, 0.717) is 16.9 Å². The molecule has 0 aromatic heterocycles. The van der Waals surface area contributed by atoms with Crippen LogP contribution in [-0.4, -0.2) is 29.8 Å². The molecule has 2 amide bonds. The standard InChI is InChI=1S/C11H13N3O2/c1-6-10(15)13-9-7(11(16)14(6)2)4-3-5-8(9)12/h3-6H,12H2,1-2H3,(H,13,15). The van der Waals surface area contributed by atoms with E-state index in [-0.39, 0.29) is 11.8 Å². The number of likely N-dealkylation sites (N-methyl/N-ethyl adjacent to an activating group) is 1. The molecule has 3 N–H and O–H groups in total. The highest BCUT2D eigenvalue weighted by Gasteiger charge is 2.30. The van der Waals surface area contributed by atoms with Crippen molar-refractivity contribution in [3.8, 4) is 0 Å². The highest BCUT2D eigenvalue weighted by Crippen LogP contribution is 2.27. The maximum absolute atomic E-state index is 12.0. The normalized spacial score (nSPS) is 20.1. The van der Waals surface area contributed by atoms with Crippen molar-refractivity contribution in [2.45, 2.75) is 13.0 Å². The van der Waals surface area contributed by atoms with Crippen LogP contribution in [0.15, 0.2) is 18.2 Å². The van der Waals surface area contributed by atoms with Crippen LogP contribution in [0.4, 0.5) is 11.4 Å². The van der Waals surface area contributed by atoms with E-state index in [1.165, 1.54) is 4.90 Å². The zero-order chi connectivity index (χ0) is 11.9. The van der Waals surface area contributed by atoms with Gasteiger partial charge >= 0.3 is 0 Å². The molecule has 84 valence electrons. The fraction of sp³-hybridized carbons (Fsp3) is 0.273. The van der Waals surface area contributed by atoms with Gasteiger partial charge < -0.3 is 16.0 Å². The molecule has 0 fully saturated rings. The summed E-state index contributed by atoms with van der Waals surface area (Å²) in [6, 6.07) is 4.51. The van der Waals surface area contributed by atoms with Crippen LogP contribution < -0.4 is 11.1 Å². The van der Waals surface area contributed by atoms with Gasteiger partial charge in [-0.25, -0.2) is 0 Å². The Morgan fingerprint density at radius 1 is 1.38 bits per heavy atom. The number of nitrogen functional groups attached to an aromatic ring is 1. The molecular formula is C11H13N3O2. The highest BCUT2D eigenvalue weighted by molar-refractivity contribution is 6.11. The summed E-state index contributed by atoms with van der Waals surface area (Å²) in [7, 11) is 1.60. The van der Waals surface area contributed by atoms with E-state index in [0.717, 1.165) is 0 Å². The highest BCUT2D eigenvalue weighted by atomic mass is 16.2. The van der Waals surface area contributed by atoms with Crippen LogP contribution in [0, 0.1) is 0 Å². The Labute approximate surface area is 93.2 Å². The third-order valence-corrected chi connectivity index (χ3v) is 2.86. The molecule has 1 aromatic carbocycles. The van der Waals surface area contributed by atoms with Crippen LogP contribution in [0.5, 0.6) is 0 Å². The lowest BCUT2D eigenvalue weighted by molar-refractivity contribution is -0.119. The maximum atomic E-state index is 12.0. The first kappa shape index (κ1) is 10.5. The quantitative estimate of drug-likeness (QED) is 0.630. The molecule has 0 spiro atoms. The Morgan fingerprint density at radius 3 is 2.75 bits per heavy atom. The van der Waals surface area contributed by atoms with Crippen molar-refractivity contribution in [1.82, 2.24) is 4.90 Å². The number of carbonyl (C=O) groups is 2. The first-order valence-electron chi connectivity index (χ1n) is 4.99. The Morgan fingerprint density at radius 2 is 2.06 bits per heavy atom. The molecule has 1 aromatic rings. The molecule has 5 nitrogen and oxygen atoms in total. The molecule has 16 heavy (non-hydrogen) atoms. The van der Waals surface area contributed by atoms with Gasteiger partial charge in [-0.05, 0) is 19.1 Å². The maximum Gasteiger partial charge on any atom is 0.256 e. The lowest BCUT2D eigenvalue weighted by Gasteiger charge is -2.19. The lowest BCUT2D eigenvalue weighted by Crippen LogP contribution is -2.40. The van der Waals surface area contributed by atoms with Gasteiger partial charge in [0, 0.05) is 7.05 Å². The van der Waals surface area contributed by atoms with Crippen LogP contribution in [0.1, 0.15) is 17.3 Å². The number of benzene rings is 1. The summed E-state index contributed by atoms with van der Waals surface area (Å²) in [6.07, 6.45) is 0. The second-order valence-corrected chi connectivity index (χ2v) is 3.85. The summed E-state index contributed by atoms with van der Waals surface area (Å²) >= 11 is 0. The van der Waals surface area contributed by atoms with Crippen molar-refractivity contribution in [3.05, 3.63) is 23.8 Å². The summed E-state index contributed by atoms with van der Waals surface area (Å²) in [4.78, 5) is 25.2. The van der Waals surface area contributed by atoms with Crippen molar-refractivity contribution < 1.29 is 9.59 Å². The van der Waals surface area contributed by atoms with E-state index in [1.54, 1.807) is 32.2 Å². The van der Waals surface area contributed by atoms with E-state index in [2.05, 4.69) is 5.32 Å². The molecule has 1 aliphatic rings. The van der Waals surface area contributed by atoms with Crippen LogP contribution in [0.2, 0.25) is 0 Å². The predicted molar refractivity (Wildman–Crippen MR) is 61.0 cm³/mol. The number of para-hydroxylation sites is 1. The van der Waals surface area contributed by atoms with Gasteiger partial charge in [-0.1, -0.05) is 6.07 Å². The molecule has 0 radical (unpaired) electrons. The first-order chi connectivity index (χ1) is 7.52. The minimum atomic E-state index is -0.501. The molecule has 0 saturated heterocycles. The number of carbonyl (C=O) groups excluding carboxylic acids is 2. The molecule has 0 saturated carbocycles. The number of hydrogen-bond donors (Lipinski definition) is 2. The number of nitrogens with two attached hydrogens (primary N) is 1. The molecule has 1 aliphatic heterocycles. The fourth-order valence-corrected chi connectivity index (χ4v) is 1.66. The van der Waals surface area contributed by atoms with Crippen LogP contribution >= 0.6 is 0 Å². The Kier molecular flexibility index (Phi) is 2.30. The topological polar surface area (TPSA) is 75.4 Å². The zero-order valence-electron chi connectivity index (χ0n) is 9.15. The van der Waals surface area contributed by atoms with Gasteiger partial charge in [0.15, 0.2) is 0 Å². The van der Waals surface area contributed by atoms with Crippen molar-refractivity contribution in [3.63, 3.8) is 0 Å². The van der Waals surface area contributed by atoms with E-state index in [1.807, 2.05) is 0 Å². The molecule has 0 bridgehead atoms. The van der Waals surface area contributed by atoms with Gasteiger partial charge in [-0.3, -0.25) is 9.59 Å². The van der Waals surface area contributed by atoms with Crippen molar-refractivity contribution >= 4 is 23.2 Å². The van der Waals surface area contributed by atoms with Gasteiger partial charge in [-0.2, -0.15) is 0 Å². The molecule has 5 heteroatoms. The average molecular weight is 219 g/mol. The Balaban J connectivity index is 2.60. The second-order valence-electron chi connectivity index (χ2n) is 3.85. The molecule has 1 heterocycles. The number of rotatable bonds is 0. The average Bonchev–Trinajstić information content (AvgIpc) is 2.34. The number of fused-ring (bicyclic) bond motifs is 1. The van der Waals surface area contributed by atoms with Crippen LogP contribution in [-0.2, 0) is 4.79 Å². The molecular weight excluding hydrogens is 206 g/mol. The van der Waals surface area contributed by atoms with E-state index in [9.17, 15) is 9.59 Å². The number of nitrogens with one attached hydrogen (secondary N) is 1. The summed E-state index contributed by atoms with van der Waals surface area (Å²) in [5.74, 6) is -0.430. The summed E-state index contributed by atoms with van der Waals surface area (Å²) in [5.41, 5.74) is 6.99. The van der Waals surface area contributed by atoms with E-state index < -0.39 is 6.04 Å². The van der Waals surface area contributed by atoms with Gasteiger partial charge in [0.05, 0.1) is 16.9 Å². The van der Waals surface area contributed by atoms with Gasteiger partial charge in [0.2, 0.25) is 5.91 Å². The summed E-state index contributed by atoms with van der Waals surface area (Å²) < 4.78 is 0. The minimum absolute atomic E-state index is 0.201. The Hall–Kier alpha value is -2.04. The van der Waals surface area contributed by atoms with Gasteiger partial charge in [0.25, 0.3) is 5.91 Å². The smallest absolute Gasteiger partial charge is 0.256 e. The number of anilines is 2. The van der Waals surface area contributed by atoms with Crippen molar-refractivity contribution in [2.24, 2.45) is 0 Å². The Bertz CT molecular complexity index is 470. The zero-order valence-corrected chi connectivity index (χ0v) is 9.15. The molecule has 1 atom stereocenters. The molecule has 0 aliphatic carbocycles. The van der Waals surface area contributed by atoms with Crippen LogP contribution in [0.25, 0.3) is 0 Å². The fourth-order valence-electron chi connectivity index (χ4n) is 1.66. The number of hydrogen-bond acceptors (Lipinski definition) is 3. The molecule has 2 rings (SSSR count). The van der Waals surface area contributed by atoms with E-state index in [4.69, 9.17) is 5.73 Å². The predicted octanol–water partition coefficient (Wildman–Crippen LogP) is 0.681. The third kappa shape index (κ3) is 1.41. The summed E-state index contributed by atoms with van der Waals surface area (Å²) in [5, 5.41) is 2.67. The van der Waals surface area contributed by atoms with E-state index >= 15 is 0 Å². The van der Waals surface area contributed by atoms with Gasteiger partial charge in [0.1, 0.15) is 6.04 Å². The van der Waals surface area contributed by atoms with Crippen LogP contribution in [0.3, 0.4) is 0 Å². The second kappa shape index (κ2) is 3.52. The van der Waals surface area contributed by atoms with Crippen molar-refractivity contribution in [1.29, 1.82) is 0 Å².